The van der Waals surface area contributed by atoms with Gasteiger partial charge in [0, 0.05) is 18.3 Å². The van der Waals surface area contributed by atoms with Crippen LogP contribution in [0.1, 0.15) is 37.7 Å². The van der Waals surface area contributed by atoms with Gasteiger partial charge >= 0.3 is 0 Å². The van der Waals surface area contributed by atoms with Gasteiger partial charge in [0.15, 0.2) is 0 Å². The lowest BCUT2D eigenvalue weighted by Gasteiger charge is -2.34. The Balaban J connectivity index is 1.80. The van der Waals surface area contributed by atoms with Gasteiger partial charge in [-0.3, -0.25) is 9.69 Å². The second-order valence-electron chi connectivity index (χ2n) is 6.18. The summed E-state index contributed by atoms with van der Waals surface area (Å²) in [5.74, 6) is 0.139. The molecule has 2 aliphatic rings. The summed E-state index contributed by atoms with van der Waals surface area (Å²) in [5.41, 5.74) is 8.18. The van der Waals surface area contributed by atoms with Gasteiger partial charge in [0.2, 0.25) is 5.91 Å². The summed E-state index contributed by atoms with van der Waals surface area (Å²) in [6.45, 7) is 1.65. The maximum absolute atomic E-state index is 12.7. The van der Waals surface area contributed by atoms with Crippen molar-refractivity contribution in [3.05, 3.63) is 29.8 Å². The number of nitrogens with two attached hydrogens (primary N) is 1. The molecule has 1 aromatic carbocycles. The third-order valence-electron chi connectivity index (χ3n) is 4.86. The average molecular weight is 287 g/mol. The fourth-order valence-corrected chi connectivity index (χ4v) is 3.68. The molecule has 2 unspecified atom stereocenters. The number of amides is 1. The Bertz CT molecular complexity index is 503. The maximum Gasteiger partial charge on any atom is 0.241 e. The molecule has 1 fully saturated rings. The third kappa shape index (κ3) is 3.11. The minimum Gasteiger partial charge on any atom is -0.329 e. The first kappa shape index (κ1) is 14.5. The molecule has 4 nitrogen and oxygen atoms in total. The number of aryl methyl sites for hydroxylation is 1. The van der Waals surface area contributed by atoms with Crippen LogP contribution in [-0.2, 0) is 11.2 Å². The van der Waals surface area contributed by atoms with E-state index in [-0.39, 0.29) is 11.9 Å². The number of likely N-dealkylation sites (tertiary alicyclic amines) is 1. The normalized spacial score (nSPS) is 27.4. The summed E-state index contributed by atoms with van der Waals surface area (Å²) in [4.78, 5) is 15.0. The molecule has 0 spiro atoms. The lowest BCUT2D eigenvalue weighted by atomic mass is 10.0. The van der Waals surface area contributed by atoms with E-state index in [1.54, 1.807) is 0 Å². The maximum atomic E-state index is 12.7. The number of hydrogen-bond acceptors (Lipinski definition) is 3. The molecule has 2 aliphatic heterocycles. The van der Waals surface area contributed by atoms with E-state index >= 15 is 0 Å². The van der Waals surface area contributed by atoms with E-state index in [9.17, 15) is 4.79 Å². The van der Waals surface area contributed by atoms with Crippen molar-refractivity contribution in [1.29, 1.82) is 0 Å². The van der Waals surface area contributed by atoms with Crippen molar-refractivity contribution in [1.82, 2.24) is 4.90 Å². The van der Waals surface area contributed by atoms with Crippen LogP contribution in [0.3, 0.4) is 0 Å². The largest absolute Gasteiger partial charge is 0.329 e. The van der Waals surface area contributed by atoms with E-state index in [4.69, 9.17) is 5.73 Å². The van der Waals surface area contributed by atoms with Gasteiger partial charge in [0.05, 0.1) is 6.04 Å². The molecule has 0 radical (unpaired) electrons. The van der Waals surface area contributed by atoms with Crippen LogP contribution >= 0.6 is 0 Å². The van der Waals surface area contributed by atoms with Gasteiger partial charge in [0.1, 0.15) is 0 Å². The van der Waals surface area contributed by atoms with Gasteiger partial charge in [-0.05, 0) is 43.9 Å². The summed E-state index contributed by atoms with van der Waals surface area (Å²) in [7, 11) is 0. The molecule has 3 rings (SSSR count). The monoisotopic (exact) mass is 287 g/mol. The number of fused-ring (bicyclic) bond motifs is 1. The minimum absolute atomic E-state index is 0.0379. The second kappa shape index (κ2) is 6.58. The summed E-state index contributed by atoms with van der Waals surface area (Å²) < 4.78 is 0. The zero-order chi connectivity index (χ0) is 14.7. The summed E-state index contributed by atoms with van der Waals surface area (Å²) in [5, 5.41) is 3.11. The molecule has 1 saturated heterocycles. The fraction of sp³-hybridized carbons (Fsp3) is 0.588. The van der Waals surface area contributed by atoms with E-state index in [2.05, 4.69) is 16.3 Å². The van der Waals surface area contributed by atoms with Crippen molar-refractivity contribution in [3.63, 3.8) is 0 Å². The first-order valence-electron chi connectivity index (χ1n) is 8.14. The Labute approximate surface area is 126 Å². The molecule has 1 amide bonds. The SMILES string of the molecule is NCC1CCCCCN1C1CCc2ccccc2NC1=O. The molecule has 2 heterocycles. The molecule has 0 aromatic heterocycles. The third-order valence-corrected chi connectivity index (χ3v) is 4.86. The van der Waals surface area contributed by atoms with Crippen molar-refractivity contribution in [2.45, 2.75) is 50.6 Å². The van der Waals surface area contributed by atoms with Crippen molar-refractivity contribution < 1.29 is 4.79 Å². The fourth-order valence-electron chi connectivity index (χ4n) is 3.68. The predicted octanol–water partition coefficient (Wildman–Crippen LogP) is 2.14. The van der Waals surface area contributed by atoms with Gasteiger partial charge in [-0.25, -0.2) is 0 Å². The second-order valence-corrected chi connectivity index (χ2v) is 6.18. The molecule has 2 atom stereocenters. The van der Waals surface area contributed by atoms with Crippen LogP contribution in [-0.4, -0.2) is 36.0 Å². The highest BCUT2D eigenvalue weighted by Gasteiger charge is 2.33. The molecular formula is C17H25N3O. The minimum atomic E-state index is -0.0379. The smallest absolute Gasteiger partial charge is 0.241 e. The number of carbonyl (C=O) groups is 1. The standard InChI is InChI=1S/C17H25N3O/c18-12-14-7-2-1-5-11-20(14)16-10-9-13-6-3-4-8-15(13)19-17(16)21/h3-4,6,8,14,16H,1-2,5,7,9-12,18H2,(H,19,21). The Morgan fingerprint density at radius 2 is 2.05 bits per heavy atom. The Kier molecular flexibility index (Phi) is 4.56. The summed E-state index contributed by atoms with van der Waals surface area (Å²) in [6.07, 6.45) is 6.61. The van der Waals surface area contributed by atoms with Crippen molar-refractivity contribution >= 4 is 11.6 Å². The Morgan fingerprint density at radius 3 is 2.90 bits per heavy atom. The van der Waals surface area contributed by atoms with Gasteiger partial charge in [-0.15, -0.1) is 0 Å². The van der Waals surface area contributed by atoms with Crippen LogP contribution in [0.25, 0.3) is 0 Å². The van der Waals surface area contributed by atoms with Crippen LogP contribution in [0.2, 0.25) is 0 Å². The van der Waals surface area contributed by atoms with E-state index < -0.39 is 0 Å². The van der Waals surface area contributed by atoms with Crippen molar-refractivity contribution in [2.24, 2.45) is 5.73 Å². The number of para-hydroxylation sites is 1. The average Bonchev–Trinajstić information content (AvgIpc) is 2.82. The number of anilines is 1. The zero-order valence-electron chi connectivity index (χ0n) is 12.6. The zero-order valence-corrected chi connectivity index (χ0v) is 12.6. The highest BCUT2D eigenvalue weighted by Crippen LogP contribution is 2.27. The molecule has 114 valence electrons. The number of rotatable bonds is 2. The number of nitrogens with zero attached hydrogens (tertiary/aromatic N) is 1. The molecule has 3 N–H and O–H groups in total. The lowest BCUT2D eigenvalue weighted by Crippen LogP contribution is -2.51. The van der Waals surface area contributed by atoms with Gasteiger partial charge in [-0.1, -0.05) is 31.0 Å². The number of hydrogen-bond donors (Lipinski definition) is 2. The number of benzene rings is 1. The molecule has 0 aliphatic carbocycles. The predicted molar refractivity (Wildman–Crippen MR) is 85.2 cm³/mol. The van der Waals surface area contributed by atoms with E-state index in [0.29, 0.717) is 12.6 Å². The van der Waals surface area contributed by atoms with Gasteiger partial charge < -0.3 is 11.1 Å². The lowest BCUT2D eigenvalue weighted by molar-refractivity contribution is -0.122. The van der Waals surface area contributed by atoms with Crippen LogP contribution < -0.4 is 11.1 Å². The highest BCUT2D eigenvalue weighted by atomic mass is 16.2. The van der Waals surface area contributed by atoms with E-state index in [1.807, 2.05) is 18.2 Å². The number of carbonyl (C=O) groups excluding carboxylic acids is 1. The summed E-state index contributed by atoms with van der Waals surface area (Å²) >= 11 is 0. The van der Waals surface area contributed by atoms with Gasteiger partial charge in [-0.2, -0.15) is 0 Å². The van der Waals surface area contributed by atoms with E-state index in [0.717, 1.165) is 31.5 Å². The van der Waals surface area contributed by atoms with Gasteiger partial charge in [0.25, 0.3) is 0 Å². The first-order valence-corrected chi connectivity index (χ1v) is 8.14. The molecule has 1 aromatic rings. The Morgan fingerprint density at radius 1 is 1.19 bits per heavy atom. The van der Waals surface area contributed by atoms with E-state index in [1.165, 1.54) is 24.8 Å². The topological polar surface area (TPSA) is 58.4 Å². The van der Waals surface area contributed by atoms with Crippen LogP contribution in [0.15, 0.2) is 24.3 Å². The quantitative estimate of drug-likeness (QED) is 0.876. The van der Waals surface area contributed by atoms with Crippen LogP contribution in [0, 0.1) is 0 Å². The van der Waals surface area contributed by atoms with Crippen LogP contribution in [0.4, 0.5) is 5.69 Å². The molecule has 21 heavy (non-hydrogen) atoms. The molecular weight excluding hydrogens is 262 g/mol. The summed E-state index contributed by atoms with van der Waals surface area (Å²) in [6, 6.07) is 8.45. The first-order chi connectivity index (χ1) is 10.3. The molecule has 0 bridgehead atoms. The Hall–Kier alpha value is -1.39. The molecule has 4 heteroatoms. The molecule has 0 saturated carbocycles. The highest BCUT2D eigenvalue weighted by molar-refractivity contribution is 5.96. The number of nitrogens with one attached hydrogen (secondary N) is 1. The van der Waals surface area contributed by atoms with Crippen LogP contribution in [0.5, 0.6) is 0 Å². The van der Waals surface area contributed by atoms with Crippen molar-refractivity contribution in [3.8, 4) is 0 Å². The van der Waals surface area contributed by atoms with Crippen molar-refractivity contribution in [2.75, 3.05) is 18.4 Å².